The van der Waals surface area contributed by atoms with Gasteiger partial charge in [-0.05, 0) is 38.2 Å². The molecule has 0 rings (SSSR count). The summed E-state index contributed by atoms with van der Waals surface area (Å²) < 4.78 is 0. The van der Waals surface area contributed by atoms with Crippen LogP contribution in [-0.2, 0) is 4.79 Å². The molecule has 0 aromatic rings. The molecule has 0 unspecified atom stereocenters. The maximum absolute atomic E-state index is 11.2. The summed E-state index contributed by atoms with van der Waals surface area (Å²) in [6, 6.07) is 0. The summed E-state index contributed by atoms with van der Waals surface area (Å²) in [4.78, 5) is 11.2. The molecule has 74 valence electrons. The third-order valence-electron chi connectivity index (χ3n) is 2.76. The normalized spacial score (nSPS) is 13.6. The summed E-state index contributed by atoms with van der Waals surface area (Å²) in [5.41, 5.74) is 2.10. The third-order valence-corrected chi connectivity index (χ3v) is 2.76. The molecule has 0 heterocycles. The van der Waals surface area contributed by atoms with Crippen molar-refractivity contribution in [3.05, 3.63) is 23.8 Å². The van der Waals surface area contributed by atoms with Gasteiger partial charge in [0.05, 0.1) is 0 Å². The molecule has 1 heteroatoms. The minimum atomic E-state index is 0.0531. The van der Waals surface area contributed by atoms with E-state index in [1.54, 1.807) is 6.92 Å². The molecule has 0 atom stereocenters. The molecule has 0 aromatic heterocycles. The Balaban J connectivity index is 4.94. The molecule has 0 aromatic carbocycles. The first-order chi connectivity index (χ1) is 5.83. The van der Waals surface area contributed by atoms with Crippen LogP contribution in [0.5, 0.6) is 0 Å². The minimum absolute atomic E-state index is 0.0531. The van der Waals surface area contributed by atoms with Crippen LogP contribution < -0.4 is 0 Å². The lowest BCUT2D eigenvalue weighted by Crippen LogP contribution is -2.15. The Kier molecular flexibility index (Phi) is 4.12. The van der Waals surface area contributed by atoms with Crippen LogP contribution in [-0.4, -0.2) is 5.78 Å². The predicted molar refractivity (Wildman–Crippen MR) is 57.7 cm³/mol. The number of rotatable bonds is 4. The summed E-state index contributed by atoms with van der Waals surface area (Å²) in [6.07, 6.45) is 2.81. The number of carbonyl (C=O) groups excluding carboxylic acids is 1. The van der Waals surface area contributed by atoms with Crippen molar-refractivity contribution in [2.24, 2.45) is 5.41 Å². The molecule has 0 saturated carbocycles. The molecule has 0 saturated heterocycles. The zero-order chi connectivity index (χ0) is 10.6. The van der Waals surface area contributed by atoms with Gasteiger partial charge in [0.25, 0.3) is 0 Å². The molecule has 0 amide bonds. The summed E-state index contributed by atoms with van der Waals surface area (Å²) in [6.45, 7) is 13.5. The van der Waals surface area contributed by atoms with Crippen LogP contribution >= 0.6 is 0 Å². The topological polar surface area (TPSA) is 17.1 Å². The fourth-order valence-corrected chi connectivity index (χ4v) is 1.29. The van der Waals surface area contributed by atoms with Crippen LogP contribution in [0.2, 0.25) is 0 Å². The zero-order valence-electron chi connectivity index (χ0n) is 9.40. The first-order valence-corrected chi connectivity index (χ1v) is 4.62. The van der Waals surface area contributed by atoms with E-state index in [2.05, 4.69) is 20.4 Å². The Morgan fingerprint density at radius 3 is 2.08 bits per heavy atom. The SMILES string of the molecule is C=CCC(C)(C)/C(C)=C(/C)C(C)=O. The fourth-order valence-electron chi connectivity index (χ4n) is 1.29. The van der Waals surface area contributed by atoms with Crippen LogP contribution in [0.4, 0.5) is 0 Å². The molecule has 0 radical (unpaired) electrons. The van der Waals surface area contributed by atoms with E-state index in [4.69, 9.17) is 0 Å². The van der Waals surface area contributed by atoms with Crippen molar-refractivity contribution in [1.29, 1.82) is 0 Å². The van der Waals surface area contributed by atoms with Crippen LogP contribution in [0.1, 0.15) is 41.0 Å². The van der Waals surface area contributed by atoms with Gasteiger partial charge in [0, 0.05) is 0 Å². The van der Waals surface area contributed by atoms with Gasteiger partial charge in [0.2, 0.25) is 0 Å². The quantitative estimate of drug-likeness (QED) is 0.478. The highest BCUT2D eigenvalue weighted by Gasteiger charge is 2.21. The van der Waals surface area contributed by atoms with Gasteiger partial charge in [-0.1, -0.05) is 25.5 Å². The number of ketones is 1. The predicted octanol–water partition coefficient (Wildman–Crippen LogP) is 3.51. The highest BCUT2D eigenvalue weighted by atomic mass is 16.1. The molecule has 0 fully saturated rings. The molecular weight excluding hydrogens is 160 g/mol. The molecule has 0 bridgehead atoms. The second-order valence-electron chi connectivity index (χ2n) is 4.18. The Bertz CT molecular complexity index is 244. The van der Waals surface area contributed by atoms with Gasteiger partial charge < -0.3 is 0 Å². The number of hydrogen-bond acceptors (Lipinski definition) is 1. The Morgan fingerprint density at radius 1 is 1.31 bits per heavy atom. The molecule has 0 aliphatic rings. The van der Waals surface area contributed by atoms with E-state index in [1.807, 2.05) is 19.9 Å². The standard InChI is InChI=1S/C12H20O/c1-7-8-12(5,6)10(3)9(2)11(4)13/h7H,1,8H2,2-6H3/b10-9-. The van der Waals surface area contributed by atoms with Gasteiger partial charge in [0.1, 0.15) is 0 Å². The van der Waals surface area contributed by atoms with E-state index in [-0.39, 0.29) is 11.2 Å². The minimum Gasteiger partial charge on any atom is -0.295 e. The van der Waals surface area contributed by atoms with Crippen molar-refractivity contribution in [3.63, 3.8) is 0 Å². The number of carbonyl (C=O) groups is 1. The van der Waals surface area contributed by atoms with Gasteiger partial charge in [-0.15, -0.1) is 6.58 Å². The average molecular weight is 180 g/mol. The van der Waals surface area contributed by atoms with Crippen LogP contribution in [0.15, 0.2) is 23.8 Å². The van der Waals surface area contributed by atoms with Crippen molar-refractivity contribution in [3.8, 4) is 0 Å². The van der Waals surface area contributed by atoms with Crippen molar-refractivity contribution >= 4 is 5.78 Å². The average Bonchev–Trinajstić information content (AvgIpc) is 2.01. The summed E-state index contributed by atoms with van der Waals surface area (Å²) >= 11 is 0. The highest BCUT2D eigenvalue weighted by molar-refractivity contribution is 5.93. The fraction of sp³-hybridized carbons (Fsp3) is 0.583. The first-order valence-electron chi connectivity index (χ1n) is 4.62. The third kappa shape index (κ3) is 3.17. The smallest absolute Gasteiger partial charge is 0.155 e. The number of Topliss-reactive ketones (excluding diaryl/α,β-unsaturated/α-hetero) is 1. The van der Waals surface area contributed by atoms with Gasteiger partial charge in [-0.2, -0.15) is 0 Å². The van der Waals surface area contributed by atoms with Crippen molar-refractivity contribution in [1.82, 2.24) is 0 Å². The monoisotopic (exact) mass is 180 g/mol. The molecule has 13 heavy (non-hydrogen) atoms. The summed E-state index contributed by atoms with van der Waals surface area (Å²) in [7, 11) is 0. The maximum Gasteiger partial charge on any atom is 0.155 e. The zero-order valence-corrected chi connectivity index (χ0v) is 9.40. The van der Waals surface area contributed by atoms with Crippen molar-refractivity contribution in [2.45, 2.75) is 41.0 Å². The highest BCUT2D eigenvalue weighted by Crippen LogP contribution is 2.32. The Morgan fingerprint density at radius 2 is 1.77 bits per heavy atom. The Labute approximate surface area is 81.5 Å². The van der Waals surface area contributed by atoms with E-state index in [1.165, 1.54) is 5.57 Å². The number of hydrogen-bond donors (Lipinski definition) is 0. The lowest BCUT2D eigenvalue weighted by atomic mass is 9.79. The van der Waals surface area contributed by atoms with Crippen LogP contribution in [0.3, 0.4) is 0 Å². The molecular formula is C12H20O. The molecule has 0 N–H and O–H groups in total. The first kappa shape index (κ1) is 12.2. The van der Waals surface area contributed by atoms with Crippen molar-refractivity contribution in [2.75, 3.05) is 0 Å². The molecule has 0 spiro atoms. The lowest BCUT2D eigenvalue weighted by molar-refractivity contribution is -0.113. The van der Waals surface area contributed by atoms with E-state index in [0.717, 1.165) is 12.0 Å². The van der Waals surface area contributed by atoms with E-state index in [0.29, 0.717) is 0 Å². The van der Waals surface area contributed by atoms with Gasteiger partial charge >= 0.3 is 0 Å². The van der Waals surface area contributed by atoms with E-state index < -0.39 is 0 Å². The number of allylic oxidation sites excluding steroid dienone is 3. The van der Waals surface area contributed by atoms with E-state index >= 15 is 0 Å². The lowest BCUT2D eigenvalue weighted by Gasteiger charge is -2.25. The second-order valence-corrected chi connectivity index (χ2v) is 4.18. The molecule has 1 nitrogen and oxygen atoms in total. The Hall–Kier alpha value is -0.850. The molecule has 0 aliphatic heterocycles. The summed E-state index contributed by atoms with van der Waals surface area (Å²) in [5.74, 6) is 0.162. The largest absolute Gasteiger partial charge is 0.295 e. The maximum atomic E-state index is 11.2. The van der Waals surface area contributed by atoms with Gasteiger partial charge in [0.15, 0.2) is 5.78 Å². The van der Waals surface area contributed by atoms with E-state index in [9.17, 15) is 4.79 Å². The second kappa shape index (κ2) is 4.40. The van der Waals surface area contributed by atoms with Gasteiger partial charge in [-0.25, -0.2) is 0 Å². The summed E-state index contributed by atoms with van der Waals surface area (Å²) in [5, 5.41) is 0. The van der Waals surface area contributed by atoms with Crippen molar-refractivity contribution < 1.29 is 4.79 Å². The van der Waals surface area contributed by atoms with Crippen LogP contribution in [0.25, 0.3) is 0 Å². The van der Waals surface area contributed by atoms with Crippen LogP contribution in [0, 0.1) is 5.41 Å². The van der Waals surface area contributed by atoms with Gasteiger partial charge in [-0.3, -0.25) is 4.79 Å². The molecule has 0 aliphatic carbocycles.